The number of ether oxygens (including phenoxy) is 1. The molecule has 4 nitrogen and oxygen atoms in total. The first-order chi connectivity index (χ1) is 9.43. The van der Waals surface area contributed by atoms with Gasteiger partial charge in [0, 0.05) is 23.9 Å². The standard InChI is InChI=1S/C16H24N2O2/c1-4-16(3)10-13(7-8-20-16)18-14-6-5-12(15(17)19)9-11(14)2/h5-6,9,13,18H,4,7-8,10H2,1-3H3,(H2,17,19). The average Bonchev–Trinajstić information content (AvgIpc) is 2.41. The molecule has 2 atom stereocenters. The lowest BCUT2D eigenvalue weighted by molar-refractivity contribution is -0.0708. The van der Waals surface area contributed by atoms with E-state index in [1.54, 1.807) is 6.07 Å². The molecule has 1 saturated heterocycles. The van der Waals surface area contributed by atoms with Crippen molar-refractivity contribution in [3.05, 3.63) is 29.3 Å². The summed E-state index contributed by atoms with van der Waals surface area (Å²) >= 11 is 0. The Morgan fingerprint density at radius 2 is 2.30 bits per heavy atom. The minimum Gasteiger partial charge on any atom is -0.382 e. The van der Waals surface area contributed by atoms with Crippen molar-refractivity contribution >= 4 is 11.6 Å². The van der Waals surface area contributed by atoms with Gasteiger partial charge in [-0.2, -0.15) is 0 Å². The molecule has 1 aliphatic heterocycles. The fourth-order valence-electron chi connectivity index (χ4n) is 2.70. The third-order valence-electron chi connectivity index (χ3n) is 4.21. The highest BCUT2D eigenvalue weighted by atomic mass is 16.5. The average molecular weight is 276 g/mol. The van der Waals surface area contributed by atoms with Crippen LogP contribution in [0.1, 0.15) is 49.0 Å². The highest BCUT2D eigenvalue weighted by Crippen LogP contribution is 2.30. The monoisotopic (exact) mass is 276 g/mol. The van der Waals surface area contributed by atoms with E-state index in [1.165, 1.54) is 0 Å². The number of aryl methyl sites for hydroxylation is 1. The van der Waals surface area contributed by atoms with E-state index in [-0.39, 0.29) is 11.5 Å². The van der Waals surface area contributed by atoms with E-state index >= 15 is 0 Å². The van der Waals surface area contributed by atoms with Gasteiger partial charge in [-0.25, -0.2) is 0 Å². The van der Waals surface area contributed by atoms with Gasteiger partial charge in [-0.3, -0.25) is 4.79 Å². The molecule has 110 valence electrons. The summed E-state index contributed by atoms with van der Waals surface area (Å²) in [6, 6.07) is 5.96. The number of benzene rings is 1. The van der Waals surface area contributed by atoms with Gasteiger partial charge in [-0.15, -0.1) is 0 Å². The molecule has 1 aromatic carbocycles. The number of anilines is 1. The SMILES string of the molecule is CCC1(C)CC(Nc2ccc(C(N)=O)cc2C)CCO1. The van der Waals surface area contributed by atoms with Crippen LogP contribution in [0.4, 0.5) is 5.69 Å². The molecule has 0 aliphatic carbocycles. The first-order valence-electron chi connectivity index (χ1n) is 7.24. The molecule has 0 spiro atoms. The van der Waals surface area contributed by atoms with Crippen LogP contribution in [0.2, 0.25) is 0 Å². The second kappa shape index (κ2) is 5.83. The molecule has 1 heterocycles. The minimum atomic E-state index is -0.385. The summed E-state index contributed by atoms with van der Waals surface area (Å²) in [6.45, 7) is 7.12. The van der Waals surface area contributed by atoms with E-state index in [1.807, 2.05) is 19.1 Å². The van der Waals surface area contributed by atoms with Crippen molar-refractivity contribution in [2.24, 2.45) is 5.73 Å². The van der Waals surface area contributed by atoms with Crippen LogP contribution >= 0.6 is 0 Å². The van der Waals surface area contributed by atoms with E-state index in [0.29, 0.717) is 11.6 Å². The quantitative estimate of drug-likeness (QED) is 0.888. The number of carbonyl (C=O) groups is 1. The van der Waals surface area contributed by atoms with Crippen molar-refractivity contribution in [3.8, 4) is 0 Å². The molecule has 3 N–H and O–H groups in total. The van der Waals surface area contributed by atoms with Crippen molar-refractivity contribution in [1.82, 2.24) is 0 Å². The molecule has 2 unspecified atom stereocenters. The zero-order chi connectivity index (χ0) is 14.8. The lowest BCUT2D eigenvalue weighted by Crippen LogP contribution is -2.41. The smallest absolute Gasteiger partial charge is 0.248 e. The van der Waals surface area contributed by atoms with E-state index in [2.05, 4.69) is 19.2 Å². The third-order valence-corrected chi connectivity index (χ3v) is 4.21. The molecule has 4 heteroatoms. The summed E-state index contributed by atoms with van der Waals surface area (Å²) in [6.07, 6.45) is 3.03. The maximum atomic E-state index is 11.2. The molecule has 0 bridgehead atoms. The number of rotatable bonds is 4. The van der Waals surface area contributed by atoms with Crippen molar-refractivity contribution in [2.75, 3.05) is 11.9 Å². The fourth-order valence-corrected chi connectivity index (χ4v) is 2.70. The van der Waals surface area contributed by atoms with Gasteiger partial charge >= 0.3 is 0 Å². The molecule has 2 rings (SSSR count). The molecular weight excluding hydrogens is 252 g/mol. The molecule has 1 fully saturated rings. The highest BCUT2D eigenvalue weighted by Gasteiger charge is 2.31. The molecule has 1 aromatic rings. The first kappa shape index (κ1) is 14.9. The van der Waals surface area contributed by atoms with Crippen LogP contribution in [0.5, 0.6) is 0 Å². The van der Waals surface area contributed by atoms with Crippen LogP contribution in [0, 0.1) is 6.92 Å². The summed E-state index contributed by atoms with van der Waals surface area (Å²) in [5.74, 6) is -0.385. The topological polar surface area (TPSA) is 64.3 Å². The zero-order valence-corrected chi connectivity index (χ0v) is 12.5. The zero-order valence-electron chi connectivity index (χ0n) is 12.5. The molecule has 0 saturated carbocycles. The van der Waals surface area contributed by atoms with Crippen molar-refractivity contribution in [3.63, 3.8) is 0 Å². The summed E-state index contributed by atoms with van der Waals surface area (Å²) in [4.78, 5) is 11.2. The highest BCUT2D eigenvalue weighted by molar-refractivity contribution is 5.93. The summed E-state index contributed by atoms with van der Waals surface area (Å²) in [5, 5.41) is 3.57. The van der Waals surface area contributed by atoms with Gasteiger partial charge in [0.05, 0.1) is 5.60 Å². The number of amides is 1. The minimum absolute atomic E-state index is 0.0308. The predicted octanol–water partition coefficient (Wildman–Crippen LogP) is 2.85. The van der Waals surface area contributed by atoms with Crippen LogP contribution in [0.3, 0.4) is 0 Å². The summed E-state index contributed by atoms with van der Waals surface area (Å²) in [5.41, 5.74) is 7.93. The van der Waals surface area contributed by atoms with Gasteiger partial charge in [0.15, 0.2) is 0 Å². The maximum Gasteiger partial charge on any atom is 0.248 e. The molecule has 0 aromatic heterocycles. The van der Waals surface area contributed by atoms with Crippen LogP contribution in [-0.4, -0.2) is 24.2 Å². The second-order valence-electron chi connectivity index (χ2n) is 5.88. The molecule has 1 aliphatic rings. The number of carbonyl (C=O) groups excluding carboxylic acids is 1. The predicted molar refractivity (Wildman–Crippen MR) is 81.0 cm³/mol. The number of primary amides is 1. The van der Waals surface area contributed by atoms with Gasteiger partial charge in [0.1, 0.15) is 0 Å². The van der Waals surface area contributed by atoms with E-state index in [0.717, 1.165) is 37.1 Å². The van der Waals surface area contributed by atoms with Crippen LogP contribution in [0.15, 0.2) is 18.2 Å². The van der Waals surface area contributed by atoms with Gasteiger partial charge in [-0.05, 0) is 56.9 Å². The molecule has 1 amide bonds. The Hall–Kier alpha value is -1.55. The van der Waals surface area contributed by atoms with Crippen LogP contribution in [-0.2, 0) is 4.74 Å². The van der Waals surface area contributed by atoms with E-state index in [9.17, 15) is 4.79 Å². The van der Waals surface area contributed by atoms with Gasteiger partial charge in [0.2, 0.25) is 5.91 Å². The van der Waals surface area contributed by atoms with Gasteiger partial charge < -0.3 is 15.8 Å². The number of nitrogens with two attached hydrogens (primary N) is 1. The van der Waals surface area contributed by atoms with E-state index in [4.69, 9.17) is 10.5 Å². The third kappa shape index (κ3) is 3.31. The lowest BCUT2D eigenvalue weighted by Gasteiger charge is -2.38. The first-order valence-corrected chi connectivity index (χ1v) is 7.24. The lowest BCUT2D eigenvalue weighted by atomic mass is 9.89. The molecule has 0 radical (unpaired) electrons. The number of hydrogen-bond donors (Lipinski definition) is 2. The summed E-state index contributed by atoms with van der Waals surface area (Å²) in [7, 11) is 0. The van der Waals surface area contributed by atoms with Crippen LogP contribution < -0.4 is 11.1 Å². The Kier molecular flexibility index (Phi) is 4.33. The normalized spacial score (nSPS) is 26.2. The number of nitrogens with one attached hydrogen (secondary N) is 1. The van der Waals surface area contributed by atoms with Crippen molar-refractivity contribution in [1.29, 1.82) is 0 Å². The van der Waals surface area contributed by atoms with Crippen molar-refractivity contribution < 1.29 is 9.53 Å². The largest absolute Gasteiger partial charge is 0.382 e. The Morgan fingerprint density at radius 3 is 2.90 bits per heavy atom. The summed E-state index contributed by atoms with van der Waals surface area (Å²) < 4.78 is 5.86. The molecular formula is C16H24N2O2. The Balaban J connectivity index is 2.08. The Morgan fingerprint density at radius 1 is 1.55 bits per heavy atom. The van der Waals surface area contributed by atoms with Gasteiger partial charge in [-0.1, -0.05) is 6.92 Å². The maximum absolute atomic E-state index is 11.2. The van der Waals surface area contributed by atoms with Crippen molar-refractivity contribution in [2.45, 2.75) is 51.7 Å². The fraction of sp³-hybridized carbons (Fsp3) is 0.562. The number of hydrogen-bond acceptors (Lipinski definition) is 3. The van der Waals surface area contributed by atoms with Gasteiger partial charge in [0.25, 0.3) is 0 Å². The molecule has 20 heavy (non-hydrogen) atoms. The Bertz CT molecular complexity index is 501. The second-order valence-corrected chi connectivity index (χ2v) is 5.88. The van der Waals surface area contributed by atoms with Crippen LogP contribution in [0.25, 0.3) is 0 Å². The Labute approximate surface area is 120 Å². The van der Waals surface area contributed by atoms with E-state index < -0.39 is 0 Å².